The summed E-state index contributed by atoms with van der Waals surface area (Å²) >= 11 is 0. The predicted octanol–water partition coefficient (Wildman–Crippen LogP) is 4.17. The highest BCUT2D eigenvalue weighted by Crippen LogP contribution is 2.13. The smallest absolute Gasteiger partial charge is 0.119 e. The monoisotopic (exact) mass is 354 g/mol. The van der Waals surface area contributed by atoms with E-state index in [2.05, 4.69) is 45.9 Å². The van der Waals surface area contributed by atoms with Gasteiger partial charge < -0.3 is 14.5 Å². The number of piperidine rings is 2. The van der Waals surface area contributed by atoms with Gasteiger partial charge in [0.1, 0.15) is 5.75 Å². The molecule has 0 amide bonds. The first-order valence-electron chi connectivity index (χ1n) is 10.6. The lowest BCUT2D eigenvalue weighted by Crippen LogP contribution is -2.31. The fourth-order valence-corrected chi connectivity index (χ4v) is 3.86. The minimum atomic E-state index is 0.803. The normalized spacial score (nSPS) is 18.9. The molecule has 26 heavy (non-hydrogen) atoms. The van der Waals surface area contributed by atoms with E-state index < -0.39 is 0 Å². The van der Waals surface area contributed by atoms with Gasteiger partial charge in [-0.25, -0.2) is 0 Å². The fraction of sp³-hybridized carbons (Fsp3) is 0.652. The second-order valence-electron chi connectivity index (χ2n) is 7.58. The maximum atomic E-state index is 5.88. The molecule has 2 fully saturated rings. The fourth-order valence-electron chi connectivity index (χ4n) is 3.86. The third-order valence-electron chi connectivity index (χ3n) is 5.42. The Bertz CT molecular complexity index is 560. The van der Waals surface area contributed by atoms with Crippen molar-refractivity contribution in [1.29, 1.82) is 0 Å². The number of nitrogens with zero attached hydrogens (tertiary/aromatic N) is 2. The molecule has 0 unspecified atom stereocenters. The number of ether oxygens (including phenoxy) is 1. The average molecular weight is 355 g/mol. The topological polar surface area (TPSA) is 15.7 Å². The Morgan fingerprint density at radius 1 is 0.769 bits per heavy atom. The Morgan fingerprint density at radius 3 is 2.04 bits per heavy atom. The number of hydrogen-bond donors (Lipinski definition) is 0. The molecular weight excluding hydrogens is 320 g/mol. The molecule has 1 aromatic rings. The van der Waals surface area contributed by atoms with E-state index >= 15 is 0 Å². The lowest BCUT2D eigenvalue weighted by atomic mass is 10.1. The van der Waals surface area contributed by atoms with E-state index in [1.54, 1.807) is 0 Å². The average Bonchev–Trinajstić information content (AvgIpc) is 2.71. The molecule has 0 N–H and O–H groups in total. The van der Waals surface area contributed by atoms with Gasteiger partial charge in [-0.2, -0.15) is 0 Å². The molecule has 0 aromatic heterocycles. The summed E-state index contributed by atoms with van der Waals surface area (Å²) in [5, 5.41) is 0. The molecule has 2 saturated heterocycles. The summed E-state index contributed by atoms with van der Waals surface area (Å²) < 4.78 is 5.88. The van der Waals surface area contributed by atoms with Gasteiger partial charge in [0, 0.05) is 25.1 Å². The first-order valence-corrected chi connectivity index (χ1v) is 10.6. The van der Waals surface area contributed by atoms with Crippen LogP contribution in [-0.2, 0) is 0 Å². The Hall–Kier alpha value is -1.50. The van der Waals surface area contributed by atoms with Gasteiger partial charge in [0.25, 0.3) is 0 Å². The largest absolute Gasteiger partial charge is 0.494 e. The van der Waals surface area contributed by atoms with Crippen molar-refractivity contribution in [2.45, 2.75) is 51.4 Å². The maximum Gasteiger partial charge on any atom is 0.119 e. The van der Waals surface area contributed by atoms with Gasteiger partial charge in [-0.1, -0.05) is 24.7 Å². The standard InChI is InChI=1S/C23H34N2O/c1-4-15-24(16-5-1)19-8-3-10-22-11-13-23(14-12-22)26-21-9-20-25-17-6-2-7-18-25/h11-14H,1-2,4-9,15-21H2. The number of benzene rings is 1. The molecule has 2 heterocycles. The molecule has 0 aliphatic carbocycles. The molecular formula is C23H34N2O. The van der Waals surface area contributed by atoms with Crippen LogP contribution in [0.3, 0.4) is 0 Å². The van der Waals surface area contributed by atoms with Crippen molar-refractivity contribution >= 4 is 0 Å². The van der Waals surface area contributed by atoms with E-state index in [4.69, 9.17) is 4.74 Å². The van der Waals surface area contributed by atoms with Crippen molar-refractivity contribution in [1.82, 2.24) is 9.80 Å². The van der Waals surface area contributed by atoms with E-state index in [0.717, 1.165) is 37.3 Å². The molecule has 3 nitrogen and oxygen atoms in total. The molecule has 0 bridgehead atoms. The van der Waals surface area contributed by atoms with E-state index in [0.29, 0.717) is 0 Å². The van der Waals surface area contributed by atoms with Crippen LogP contribution in [0, 0.1) is 11.8 Å². The van der Waals surface area contributed by atoms with Crippen molar-refractivity contribution < 1.29 is 4.74 Å². The SMILES string of the molecule is C(#Cc1ccc(OCCCN2CCCCC2)cc1)CCN1CCCCC1. The van der Waals surface area contributed by atoms with Crippen LogP contribution in [0.25, 0.3) is 0 Å². The first kappa shape index (κ1) is 19.3. The van der Waals surface area contributed by atoms with Gasteiger partial charge in [0.15, 0.2) is 0 Å². The summed E-state index contributed by atoms with van der Waals surface area (Å²) in [5.74, 6) is 7.56. The minimum absolute atomic E-state index is 0.803. The van der Waals surface area contributed by atoms with Crippen molar-refractivity contribution in [3.63, 3.8) is 0 Å². The molecule has 2 aliphatic heterocycles. The van der Waals surface area contributed by atoms with Gasteiger partial charge in [-0.3, -0.25) is 0 Å². The zero-order chi connectivity index (χ0) is 17.9. The second kappa shape index (κ2) is 11.3. The van der Waals surface area contributed by atoms with Gasteiger partial charge in [0.2, 0.25) is 0 Å². The van der Waals surface area contributed by atoms with Gasteiger partial charge in [-0.15, -0.1) is 0 Å². The summed E-state index contributed by atoms with van der Waals surface area (Å²) in [5.41, 5.74) is 1.09. The van der Waals surface area contributed by atoms with E-state index in [1.807, 2.05) is 0 Å². The Labute approximate surface area is 159 Å². The molecule has 0 atom stereocenters. The van der Waals surface area contributed by atoms with Crippen LogP contribution in [0.2, 0.25) is 0 Å². The van der Waals surface area contributed by atoms with E-state index in [1.165, 1.54) is 71.2 Å². The first-order chi connectivity index (χ1) is 12.9. The molecule has 2 aliphatic rings. The zero-order valence-corrected chi connectivity index (χ0v) is 16.2. The van der Waals surface area contributed by atoms with E-state index in [9.17, 15) is 0 Å². The number of rotatable bonds is 7. The third-order valence-corrected chi connectivity index (χ3v) is 5.42. The lowest BCUT2D eigenvalue weighted by Gasteiger charge is -2.26. The summed E-state index contributed by atoms with van der Waals surface area (Å²) in [6, 6.07) is 8.26. The molecule has 0 saturated carbocycles. The summed E-state index contributed by atoms with van der Waals surface area (Å²) in [6.07, 6.45) is 10.3. The highest BCUT2D eigenvalue weighted by atomic mass is 16.5. The molecule has 0 spiro atoms. The summed E-state index contributed by atoms with van der Waals surface area (Å²) in [6.45, 7) is 8.14. The van der Waals surface area contributed by atoms with Crippen LogP contribution in [-0.4, -0.2) is 55.7 Å². The van der Waals surface area contributed by atoms with Crippen molar-refractivity contribution in [3.8, 4) is 17.6 Å². The number of hydrogen-bond acceptors (Lipinski definition) is 3. The lowest BCUT2D eigenvalue weighted by molar-refractivity contribution is 0.205. The molecule has 0 radical (unpaired) electrons. The Morgan fingerprint density at radius 2 is 1.38 bits per heavy atom. The van der Waals surface area contributed by atoms with Crippen LogP contribution in [0.1, 0.15) is 56.9 Å². The molecule has 3 heteroatoms. The number of likely N-dealkylation sites (tertiary alicyclic amines) is 2. The van der Waals surface area contributed by atoms with Crippen LogP contribution in [0.15, 0.2) is 24.3 Å². The highest BCUT2D eigenvalue weighted by molar-refractivity contribution is 5.38. The maximum absolute atomic E-state index is 5.88. The van der Waals surface area contributed by atoms with Crippen LogP contribution in [0.4, 0.5) is 0 Å². The highest BCUT2D eigenvalue weighted by Gasteiger charge is 2.09. The van der Waals surface area contributed by atoms with Gasteiger partial charge in [-0.05, 0) is 82.5 Å². The quantitative estimate of drug-likeness (QED) is 0.540. The summed E-state index contributed by atoms with van der Waals surface area (Å²) in [4.78, 5) is 5.11. The van der Waals surface area contributed by atoms with Crippen molar-refractivity contribution in [3.05, 3.63) is 29.8 Å². The Kier molecular flexibility index (Phi) is 8.35. The second-order valence-corrected chi connectivity index (χ2v) is 7.58. The minimum Gasteiger partial charge on any atom is -0.494 e. The van der Waals surface area contributed by atoms with Crippen LogP contribution >= 0.6 is 0 Å². The van der Waals surface area contributed by atoms with E-state index in [-0.39, 0.29) is 0 Å². The van der Waals surface area contributed by atoms with Gasteiger partial charge >= 0.3 is 0 Å². The predicted molar refractivity (Wildman–Crippen MR) is 109 cm³/mol. The van der Waals surface area contributed by atoms with Gasteiger partial charge in [0.05, 0.1) is 6.61 Å². The van der Waals surface area contributed by atoms with Crippen LogP contribution in [0.5, 0.6) is 5.75 Å². The summed E-state index contributed by atoms with van der Waals surface area (Å²) in [7, 11) is 0. The molecule has 142 valence electrons. The molecule has 1 aromatic carbocycles. The van der Waals surface area contributed by atoms with Crippen LogP contribution < -0.4 is 4.74 Å². The Balaban J connectivity index is 1.31. The third kappa shape index (κ3) is 7.02. The van der Waals surface area contributed by atoms with Crippen molar-refractivity contribution in [2.75, 3.05) is 45.9 Å². The zero-order valence-electron chi connectivity index (χ0n) is 16.2. The van der Waals surface area contributed by atoms with Crippen molar-refractivity contribution in [2.24, 2.45) is 0 Å². The molecule has 3 rings (SSSR count).